The van der Waals surface area contributed by atoms with Crippen LogP contribution in [0.2, 0.25) is 0 Å². The Morgan fingerprint density at radius 1 is 1.08 bits per heavy atom. The second-order valence-corrected chi connectivity index (χ2v) is 13.3. The monoisotopic (exact) mass is 547 g/mol. The first kappa shape index (κ1) is 28.4. The highest BCUT2D eigenvalue weighted by molar-refractivity contribution is 7.14. The van der Waals surface area contributed by atoms with E-state index in [4.69, 9.17) is 4.74 Å². The summed E-state index contributed by atoms with van der Waals surface area (Å²) in [6, 6.07) is 1.69. The predicted octanol–water partition coefficient (Wildman–Crippen LogP) is 4.83. The summed E-state index contributed by atoms with van der Waals surface area (Å²) in [7, 11) is 0. The molecule has 1 saturated heterocycles. The van der Waals surface area contributed by atoms with E-state index in [2.05, 4.69) is 38.3 Å². The molecule has 4 rings (SSSR count). The SMILES string of the molecule is CC(C)(C)c1cc(N(C(=O)[C@H]2CC[C@H](C)CC2)C2CCC(NC(=O)O[C@H]3CNC(=O)C3)CC2)c(C(=O)O)s1. The van der Waals surface area contributed by atoms with Crippen molar-refractivity contribution < 1.29 is 29.0 Å². The van der Waals surface area contributed by atoms with Crippen LogP contribution < -0.4 is 15.5 Å². The number of amides is 3. The number of carbonyl (C=O) groups excluding carboxylic acids is 3. The van der Waals surface area contributed by atoms with Crippen molar-refractivity contribution in [1.82, 2.24) is 10.6 Å². The summed E-state index contributed by atoms with van der Waals surface area (Å²) in [6.45, 7) is 8.71. The van der Waals surface area contributed by atoms with Gasteiger partial charge < -0.3 is 25.4 Å². The van der Waals surface area contributed by atoms with Gasteiger partial charge in [0.05, 0.1) is 18.7 Å². The highest BCUT2D eigenvalue weighted by Crippen LogP contribution is 2.41. The minimum Gasteiger partial charge on any atom is -0.477 e. The van der Waals surface area contributed by atoms with E-state index < -0.39 is 18.2 Å². The fourth-order valence-electron chi connectivity index (χ4n) is 5.77. The van der Waals surface area contributed by atoms with E-state index in [0.29, 0.717) is 43.8 Å². The Morgan fingerprint density at radius 3 is 2.29 bits per heavy atom. The summed E-state index contributed by atoms with van der Waals surface area (Å²) in [4.78, 5) is 53.0. The van der Waals surface area contributed by atoms with Gasteiger partial charge >= 0.3 is 12.1 Å². The van der Waals surface area contributed by atoms with Crippen molar-refractivity contribution in [2.75, 3.05) is 11.4 Å². The molecule has 1 aliphatic heterocycles. The summed E-state index contributed by atoms with van der Waals surface area (Å²) < 4.78 is 5.37. The average Bonchev–Trinajstić information content (AvgIpc) is 3.47. The highest BCUT2D eigenvalue weighted by atomic mass is 32.1. The lowest BCUT2D eigenvalue weighted by Gasteiger charge is -2.39. The van der Waals surface area contributed by atoms with Gasteiger partial charge in [-0.15, -0.1) is 11.3 Å². The number of aromatic carboxylic acids is 1. The number of carbonyl (C=O) groups is 4. The number of alkyl carbamates (subject to hydrolysis) is 1. The largest absolute Gasteiger partial charge is 0.477 e. The summed E-state index contributed by atoms with van der Waals surface area (Å²) in [6.07, 6.45) is 5.51. The topological polar surface area (TPSA) is 125 Å². The maximum atomic E-state index is 14.0. The van der Waals surface area contributed by atoms with Crippen molar-refractivity contribution in [2.24, 2.45) is 11.8 Å². The van der Waals surface area contributed by atoms with Crippen molar-refractivity contribution in [3.05, 3.63) is 15.8 Å². The van der Waals surface area contributed by atoms with Gasteiger partial charge in [-0.1, -0.05) is 27.7 Å². The van der Waals surface area contributed by atoms with Crippen LogP contribution in [-0.4, -0.2) is 53.7 Å². The van der Waals surface area contributed by atoms with Crippen LogP contribution in [0.25, 0.3) is 0 Å². The Kier molecular flexibility index (Phi) is 8.69. The number of carboxylic acids is 1. The van der Waals surface area contributed by atoms with Crippen LogP contribution >= 0.6 is 11.3 Å². The first-order valence-electron chi connectivity index (χ1n) is 13.9. The highest BCUT2D eigenvalue weighted by Gasteiger charge is 2.38. The second kappa shape index (κ2) is 11.6. The lowest BCUT2D eigenvalue weighted by Crippen LogP contribution is -2.49. The number of anilines is 1. The third-order valence-corrected chi connectivity index (χ3v) is 9.64. The number of thiophene rings is 1. The first-order valence-corrected chi connectivity index (χ1v) is 14.7. The lowest BCUT2D eigenvalue weighted by atomic mass is 9.81. The molecule has 2 heterocycles. The molecule has 2 saturated carbocycles. The quantitative estimate of drug-likeness (QED) is 0.469. The predicted molar refractivity (Wildman–Crippen MR) is 146 cm³/mol. The molecule has 0 aromatic carbocycles. The molecule has 0 spiro atoms. The summed E-state index contributed by atoms with van der Waals surface area (Å²) >= 11 is 1.26. The maximum Gasteiger partial charge on any atom is 0.407 e. The van der Waals surface area contributed by atoms with Gasteiger partial charge in [0.1, 0.15) is 11.0 Å². The Bertz CT molecular complexity index is 1050. The third-order valence-electron chi connectivity index (χ3n) is 8.11. The van der Waals surface area contributed by atoms with Crippen molar-refractivity contribution in [2.45, 2.75) is 109 Å². The zero-order valence-electron chi connectivity index (χ0n) is 22.9. The Hall–Kier alpha value is -2.62. The average molecular weight is 548 g/mol. The van der Waals surface area contributed by atoms with Gasteiger partial charge in [0.2, 0.25) is 11.8 Å². The van der Waals surface area contributed by atoms with E-state index in [1.54, 1.807) is 4.90 Å². The molecule has 1 aromatic heterocycles. The molecule has 3 aliphatic rings. The molecule has 3 N–H and O–H groups in total. The van der Waals surface area contributed by atoms with E-state index in [-0.39, 0.29) is 46.5 Å². The van der Waals surface area contributed by atoms with E-state index >= 15 is 0 Å². The minimum atomic E-state index is -1.01. The molecule has 0 radical (unpaired) electrons. The molecule has 38 heavy (non-hydrogen) atoms. The second-order valence-electron chi connectivity index (χ2n) is 12.2. The summed E-state index contributed by atoms with van der Waals surface area (Å²) in [5, 5.41) is 15.6. The summed E-state index contributed by atoms with van der Waals surface area (Å²) in [5.74, 6) is -0.584. The molecular formula is C28H41N3O6S. The molecule has 3 amide bonds. The van der Waals surface area contributed by atoms with Crippen LogP contribution in [0.3, 0.4) is 0 Å². The number of carboxylic acid groups (broad SMARTS) is 1. The molecule has 3 fully saturated rings. The minimum absolute atomic E-state index is 0.0341. The van der Waals surface area contributed by atoms with Gasteiger partial charge in [0, 0.05) is 22.9 Å². The Balaban J connectivity index is 1.50. The maximum absolute atomic E-state index is 14.0. The van der Waals surface area contributed by atoms with Crippen LogP contribution in [0.5, 0.6) is 0 Å². The number of nitrogens with one attached hydrogen (secondary N) is 2. The van der Waals surface area contributed by atoms with E-state index in [9.17, 15) is 24.3 Å². The van der Waals surface area contributed by atoms with Gasteiger partial charge in [-0.3, -0.25) is 9.59 Å². The van der Waals surface area contributed by atoms with Gasteiger partial charge in [0.25, 0.3) is 0 Å². The number of rotatable bonds is 6. The fraction of sp³-hybridized carbons (Fsp3) is 0.714. The van der Waals surface area contributed by atoms with Gasteiger partial charge in [-0.05, 0) is 68.8 Å². The third kappa shape index (κ3) is 6.68. The normalized spacial score (nSPS) is 27.9. The summed E-state index contributed by atoms with van der Waals surface area (Å²) in [5.41, 5.74) is 0.286. The van der Waals surface area contributed by atoms with Gasteiger partial charge in [-0.2, -0.15) is 0 Å². The van der Waals surface area contributed by atoms with Gasteiger partial charge in [0.15, 0.2) is 0 Å². The molecule has 10 heteroatoms. The smallest absolute Gasteiger partial charge is 0.407 e. The molecule has 1 atom stereocenters. The van der Waals surface area contributed by atoms with Gasteiger partial charge in [-0.25, -0.2) is 9.59 Å². The zero-order chi connectivity index (χ0) is 27.6. The van der Waals surface area contributed by atoms with Crippen LogP contribution in [0, 0.1) is 11.8 Å². The van der Waals surface area contributed by atoms with E-state index in [0.717, 1.165) is 30.6 Å². The van der Waals surface area contributed by atoms with Crippen LogP contribution in [-0.2, 0) is 19.7 Å². The first-order chi connectivity index (χ1) is 17.9. The molecule has 0 unspecified atom stereocenters. The van der Waals surface area contributed by atoms with E-state index in [1.807, 2.05) is 6.07 Å². The Labute approximate surface area is 228 Å². The van der Waals surface area contributed by atoms with E-state index in [1.165, 1.54) is 11.3 Å². The van der Waals surface area contributed by atoms with Crippen molar-refractivity contribution in [3.8, 4) is 0 Å². The molecule has 210 valence electrons. The molecular weight excluding hydrogens is 506 g/mol. The molecule has 1 aromatic rings. The fourth-order valence-corrected chi connectivity index (χ4v) is 6.82. The van der Waals surface area contributed by atoms with Crippen molar-refractivity contribution in [1.29, 1.82) is 0 Å². The standard InChI is InChI=1S/C28H41N3O6S/c1-16-5-7-17(8-6-16)25(33)31(21-14-22(28(2,3)4)38-24(21)26(34)35)19-11-9-18(10-12-19)30-27(36)37-20-13-23(32)29-15-20/h14,16-20H,5-13,15H2,1-4H3,(H,29,32)(H,30,36)(H,34,35)/t16-,17-,18?,19?,20-/m1/s1. The molecule has 0 bridgehead atoms. The lowest BCUT2D eigenvalue weighted by molar-refractivity contribution is -0.124. The molecule has 9 nitrogen and oxygen atoms in total. The number of ether oxygens (including phenoxy) is 1. The number of hydrogen-bond acceptors (Lipinski definition) is 6. The number of nitrogens with zero attached hydrogens (tertiary/aromatic N) is 1. The van der Waals surface area contributed by atoms with Crippen molar-refractivity contribution in [3.63, 3.8) is 0 Å². The van der Waals surface area contributed by atoms with Crippen molar-refractivity contribution >= 4 is 40.9 Å². The zero-order valence-corrected chi connectivity index (χ0v) is 23.7. The van der Waals surface area contributed by atoms with Crippen LogP contribution in [0.4, 0.5) is 10.5 Å². The Morgan fingerprint density at radius 2 is 1.74 bits per heavy atom. The van der Waals surface area contributed by atoms with Crippen LogP contribution in [0.15, 0.2) is 6.07 Å². The van der Waals surface area contributed by atoms with Crippen LogP contribution in [0.1, 0.15) is 100 Å². The number of hydrogen-bond donors (Lipinski definition) is 3. The molecule has 2 aliphatic carbocycles.